The van der Waals surface area contributed by atoms with Crippen molar-refractivity contribution < 1.29 is 28.5 Å². The summed E-state index contributed by atoms with van der Waals surface area (Å²) in [5.74, 6) is 2.32. The van der Waals surface area contributed by atoms with E-state index in [0.29, 0.717) is 59.8 Å². The fourth-order valence-corrected chi connectivity index (χ4v) is 11.7. The Balaban J connectivity index is 1.09. The molecule has 0 radical (unpaired) electrons. The van der Waals surface area contributed by atoms with Gasteiger partial charge in [-0.1, -0.05) is 71.0 Å². The monoisotopic (exact) mass is 670 g/mol. The number of hydrogen-bond acceptors (Lipinski definition) is 6. The SMILES string of the molecule is CC(C)[C@@H](CC[C@@H](C)[C@H]1CCC2C3C(CC[C@@]21C)[C@@]1(C)CCC2(C[C@@H]1C[C@H]3OC(=O)c1ccccc1)OCCO2)OC(=O)c1ccccc1. The van der Waals surface area contributed by atoms with Crippen LogP contribution in [0.2, 0.25) is 0 Å². The Hall–Kier alpha value is -2.70. The van der Waals surface area contributed by atoms with Gasteiger partial charge in [0.05, 0.1) is 24.3 Å². The number of carbonyl (C=O) groups excluding carboxylic acids is 2. The number of esters is 2. The number of benzene rings is 2. The fourth-order valence-electron chi connectivity index (χ4n) is 11.7. The lowest BCUT2D eigenvalue weighted by atomic mass is 9.43. The van der Waals surface area contributed by atoms with Gasteiger partial charge in [0.15, 0.2) is 5.79 Å². The molecule has 0 bridgehead atoms. The lowest BCUT2D eigenvalue weighted by Gasteiger charge is -2.63. The van der Waals surface area contributed by atoms with E-state index in [9.17, 15) is 9.59 Å². The van der Waals surface area contributed by atoms with Gasteiger partial charge in [-0.05, 0) is 122 Å². The number of rotatable bonds is 9. The van der Waals surface area contributed by atoms with Crippen LogP contribution in [0.15, 0.2) is 60.7 Å². The molecule has 0 aromatic heterocycles. The summed E-state index contributed by atoms with van der Waals surface area (Å²) in [4.78, 5) is 26.6. The van der Waals surface area contributed by atoms with E-state index in [1.54, 1.807) is 0 Å². The third kappa shape index (κ3) is 6.50. The van der Waals surface area contributed by atoms with Crippen molar-refractivity contribution >= 4 is 11.9 Å². The molecule has 1 saturated heterocycles. The molecule has 0 amide bonds. The van der Waals surface area contributed by atoms with E-state index < -0.39 is 5.79 Å². The van der Waals surface area contributed by atoms with Crippen molar-refractivity contribution in [2.24, 2.45) is 52.3 Å². The summed E-state index contributed by atoms with van der Waals surface area (Å²) in [6, 6.07) is 18.9. The van der Waals surface area contributed by atoms with Gasteiger partial charge in [0.1, 0.15) is 12.2 Å². The molecule has 5 aliphatic rings. The number of hydrogen-bond donors (Lipinski definition) is 0. The van der Waals surface area contributed by atoms with Crippen LogP contribution < -0.4 is 0 Å². The van der Waals surface area contributed by atoms with Gasteiger partial charge in [0.2, 0.25) is 0 Å². The Bertz CT molecular complexity index is 1450. The van der Waals surface area contributed by atoms with Crippen LogP contribution in [-0.2, 0) is 18.9 Å². The third-order valence-corrected chi connectivity index (χ3v) is 14.4. The highest BCUT2D eigenvalue weighted by molar-refractivity contribution is 5.89. The zero-order valence-electron chi connectivity index (χ0n) is 30.4. The summed E-state index contributed by atoms with van der Waals surface area (Å²) in [7, 11) is 0. The zero-order chi connectivity index (χ0) is 34.4. The highest BCUT2D eigenvalue weighted by atomic mass is 16.7. The Morgan fingerprint density at radius 3 is 2.06 bits per heavy atom. The topological polar surface area (TPSA) is 71.1 Å². The van der Waals surface area contributed by atoms with E-state index in [2.05, 4.69) is 34.6 Å². The van der Waals surface area contributed by atoms with Crippen LogP contribution in [0.1, 0.15) is 120 Å². The van der Waals surface area contributed by atoms with Crippen LogP contribution in [0.25, 0.3) is 0 Å². The van der Waals surface area contributed by atoms with Gasteiger partial charge in [-0.2, -0.15) is 0 Å². The average Bonchev–Trinajstić information content (AvgIpc) is 3.71. The molecule has 2 aromatic rings. The van der Waals surface area contributed by atoms with Crippen LogP contribution >= 0.6 is 0 Å². The van der Waals surface area contributed by atoms with Gasteiger partial charge in [-0.15, -0.1) is 0 Å². The number of fused-ring (bicyclic) bond motifs is 5. The van der Waals surface area contributed by atoms with E-state index in [-0.39, 0.29) is 40.9 Å². The normalized spacial score (nSPS) is 36.0. The summed E-state index contributed by atoms with van der Waals surface area (Å²) in [5.41, 5.74) is 1.65. The van der Waals surface area contributed by atoms with E-state index >= 15 is 0 Å². The maximum Gasteiger partial charge on any atom is 0.338 e. The molecule has 4 aliphatic carbocycles. The molecule has 49 heavy (non-hydrogen) atoms. The number of carbonyl (C=O) groups is 2. The van der Waals surface area contributed by atoms with E-state index in [4.69, 9.17) is 18.9 Å². The first kappa shape index (κ1) is 34.7. The molecule has 1 heterocycles. The van der Waals surface area contributed by atoms with E-state index in [0.717, 1.165) is 38.5 Å². The zero-order valence-corrected chi connectivity index (χ0v) is 30.4. The second kappa shape index (κ2) is 13.8. The predicted octanol–water partition coefficient (Wildman–Crippen LogP) is 9.52. The minimum Gasteiger partial charge on any atom is -0.459 e. The number of ether oxygens (including phenoxy) is 4. The van der Waals surface area contributed by atoms with Crippen LogP contribution in [0.3, 0.4) is 0 Å². The van der Waals surface area contributed by atoms with Crippen molar-refractivity contribution in [3.05, 3.63) is 71.8 Å². The Morgan fingerprint density at radius 2 is 1.41 bits per heavy atom. The smallest absolute Gasteiger partial charge is 0.338 e. The molecule has 6 nitrogen and oxygen atoms in total. The highest BCUT2D eigenvalue weighted by Crippen LogP contribution is 2.69. The average molecular weight is 671 g/mol. The van der Waals surface area contributed by atoms with Gasteiger partial charge in [-0.3, -0.25) is 0 Å². The van der Waals surface area contributed by atoms with E-state index in [1.807, 2.05) is 60.7 Å². The van der Waals surface area contributed by atoms with Crippen LogP contribution in [-0.4, -0.2) is 43.1 Å². The molecular formula is C43H58O6. The van der Waals surface area contributed by atoms with Crippen molar-refractivity contribution in [2.45, 2.75) is 117 Å². The molecule has 5 fully saturated rings. The summed E-state index contributed by atoms with van der Waals surface area (Å²) < 4.78 is 25.3. The Labute approximate surface area is 294 Å². The van der Waals surface area contributed by atoms with Gasteiger partial charge in [0.25, 0.3) is 0 Å². The minimum atomic E-state index is -0.453. The predicted molar refractivity (Wildman–Crippen MR) is 190 cm³/mol. The quantitative estimate of drug-likeness (QED) is 0.248. The Morgan fingerprint density at radius 1 is 0.776 bits per heavy atom. The second-order valence-corrected chi connectivity index (χ2v) is 17.2. The third-order valence-electron chi connectivity index (χ3n) is 14.4. The van der Waals surface area contributed by atoms with E-state index in [1.165, 1.54) is 25.7 Å². The molecule has 4 saturated carbocycles. The molecule has 0 N–H and O–H groups in total. The highest BCUT2D eigenvalue weighted by Gasteiger charge is 2.65. The summed E-state index contributed by atoms with van der Waals surface area (Å²) in [6.07, 6.45) is 10.4. The van der Waals surface area contributed by atoms with Crippen molar-refractivity contribution in [3.63, 3.8) is 0 Å². The maximum atomic E-state index is 13.7. The standard InChI is InChI=1S/C43H58O6/c1-28(2)36(48-39(44)30-12-8-6-9-13-30)19-16-29(3)33-17-18-34-38-35(20-21-42(33,34)5)41(4)22-23-43(46-24-25-47-43)27-32(41)26-37(38)49-40(45)31-14-10-7-11-15-31/h6-15,28-29,32-38H,16-27H2,1-5H3/t29-,32+,33-,34?,35?,36-,37-,38?,41+,42-/m1/s1. The van der Waals surface area contributed by atoms with Gasteiger partial charge in [0, 0.05) is 18.8 Å². The lowest BCUT2D eigenvalue weighted by molar-refractivity contribution is -0.242. The fraction of sp³-hybridized carbons (Fsp3) is 0.674. The molecule has 2 aromatic carbocycles. The molecule has 7 rings (SSSR count). The Kier molecular flexibility index (Phi) is 9.77. The largest absolute Gasteiger partial charge is 0.459 e. The maximum absolute atomic E-state index is 13.7. The first-order valence-electron chi connectivity index (χ1n) is 19.3. The van der Waals surface area contributed by atoms with Gasteiger partial charge in [-0.25, -0.2) is 9.59 Å². The first-order valence-corrected chi connectivity index (χ1v) is 19.3. The van der Waals surface area contributed by atoms with Crippen LogP contribution in [0, 0.1) is 52.3 Å². The van der Waals surface area contributed by atoms with Crippen molar-refractivity contribution in [1.82, 2.24) is 0 Å². The van der Waals surface area contributed by atoms with Crippen molar-refractivity contribution in [2.75, 3.05) is 13.2 Å². The molecule has 266 valence electrons. The van der Waals surface area contributed by atoms with Crippen LogP contribution in [0.5, 0.6) is 0 Å². The van der Waals surface area contributed by atoms with Gasteiger partial charge < -0.3 is 18.9 Å². The van der Waals surface area contributed by atoms with Gasteiger partial charge >= 0.3 is 11.9 Å². The van der Waals surface area contributed by atoms with Crippen molar-refractivity contribution in [1.29, 1.82) is 0 Å². The summed E-state index contributed by atoms with van der Waals surface area (Å²) in [6.45, 7) is 13.2. The molecule has 6 heteroatoms. The molecule has 10 atom stereocenters. The summed E-state index contributed by atoms with van der Waals surface area (Å²) >= 11 is 0. The minimum absolute atomic E-state index is 0.102. The second-order valence-electron chi connectivity index (χ2n) is 17.2. The summed E-state index contributed by atoms with van der Waals surface area (Å²) in [5, 5.41) is 0. The molecule has 3 unspecified atom stereocenters. The first-order chi connectivity index (χ1) is 23.5. The van der Waals surface area contributed by atoms with Crippen LogP contribution in [0.4, 0.5) is 0 Å². The molecule has 1 aliphatic heterocycles. The van der Waals surface area contributed by atoms with Crippen molar-refractivity contribution in [3.8, 4) is 0 Å². The molecule has 1 spiro atoms. The molecular weight excluding hydrogens is 612 g/mol. The lowest BCUT2D eigenvalue weighted by Crippen LogP contribution is -2.60.